The Morgan fingerprint density at radius 2 is 2.06 bits per heavy atom. The first-order chi connectivity index (χ1) is 8.56. The number of aromatic hydroxyl groups is 1. The van der Waals surface area contributed by atoms with Gasteiger partial charge in [-0.3, -0.25) is 14.2 Å². The Morgan fingerprint density at radius 1 is 1.39 bits per heavy atom. The molecular weight excluding hydrogens is 252 g/mol. The van der Waals surface area contributed by atoms with Crippen molar-refractivity contribution in [2.45, 2.75) is 13.5 Å². The molecule has 2 N–H and O–H groups in total. The molecule has 0 radical (unpaired) electrons. The third-order valence-corrected chi connectivity index (χ3v) is 3.15. The molecule has 94 valence electrons. The van der Waals surface area contributed by atoms with Crippen LogP contribution in [0.5, 0.6) is 5.88 Å². The molecule has 0 aliphatic heterocycles. The van der Waals surface area contributed by atoms with E-state index in [4.69, 9.17) is 0 Å². The number of carbonyl (C=O) groups is 1. The van der Waals surface area contributed by atoms with Crippen molar-refractivity contribution in [2.24, 2.45) is 0 Å². The van der Waals surface area contributed by atoms with Crippen LogP contribution in [0.15, 0.2) is 34.4 Å². The highest BCUT2D eigenvalue weighted by molar-refractivity contribution is 7.07. The SMILES string of the molecule is Cc1ccc(NC(=O)Cn2c(O)csc2=O)cc1. The van der Waals surface area contributed by atoms with Crippen LogP contribution in [0.2, 0.25) is 0 Å². The zero-order valence-electron chi connectivity index (χ0n) is 9.71. The van der Waals surface area contributed by atoms with Gasteiger partial charge in [0.1, 0.15) is 6.54 Å². The topological polar surface area (TPSA) is 71.3 Å². The highest BCUT2D eigenvalue weighted by Crippen LogP contribution is 2.11. The maximum absolute atomic E-state index is 11.7. The molecular formula is C12H12N2O3S. The van der Waals surface area contributed by atoms with Gasteiger partial charge in [0.05, 0.1) is 5.38 Å². The van der Waals surface area contributed by atoms with Gasteiger partial charge >= 0.3 is 4.87 Å². The zero-order chi connectivity index (χ0) is 13.1. The van der Waals surface area contributed by atoms with Gasteiger partial charge in [0, 0.05) is 5.69 Å². The van der Waals surface area contributed by atoms with E-state index in [1.54, 1.807) is 12.1 Å². The average molecular weight is 264 g/mol. The zero-order valence-corrected chi connectivity index (χ0v) is 10.5. The van der Waals surface area contributed by atoms with E-state index < -0.39 is 0 Å². The van der Waals surface area contributed by atoms with E-state index in [2.05, 4.69) is 5.32 Å². The number of nitrogens with zero attached hydrogens (tertiary/aromatic N) is 1. The number of hydrogen-bond donors (Lipinski definition) is 2. The standard InChI is InChI=1S/C12H12N2O3S/c1-8-2-4-9(5-3-8)13-10(15)6-14-11(16)7-18-12(14)17/h2-5,7,16H,6H2,1H3,(H,13,15). The molecule has 5 nitrogen and oxygen atoms in total. The molecule has 0 spiro atoms. The van der Waals surface area contributed by atoms with E-state index >= 15 is 0 Å². The maximum Gasteiger partial charge on any atom is 0.310 e. The van der Waals surface area contributed by atoms with Gasteiger partial charge < -0.3 is 10.4 Å². The monoisotopic (exact) mass is 264 g/mol. The number of nitrogens with one attached hydrogen (secondary N) is 1. The molecule has 0 unspecified atom stereocenters. The number of rotatable bonds is 3. The summed E-state index contributed by atoms with van der Waals surface area (Å²) in [5.41, 5.74) is 1.76. The quantitative estimate of drug-likeness (QED) is 0.883. The molecule has 0 aliphatic rings. The molecule has 1 amide bonds. The molecule has 2 rings (SSSR count). The van der Waals surface area contributed by atoms with E-state index in [0.29, 0.717) is 5.69 Å². The lowest BCUT2D eigenvalue weighted by Crippen LogP contribution is -2.23. The van der Waals surface area contributed by atoms with Gasteiger partial charge in [0.2, 0.25) is 11.8 Å². The summed E-state index contributed by atoms with van der Waals surface area (Å²) in [6.45, 7) is 1.76. The first-order valence-electron chi connectivity index (χ1n) is 5.30. The second-order valence-corrected chi connectivity index (χ2v) is 4.68. The van der Waals surface area contributed by atoms with Crippen molar-refractivity contribution in [3.8, 4) is 5.88 Å². The Hall–Kier alpha value is -2.08. The summed E-state index contributed by atoms with van der Waals surface area (Å²) < 4.78 is 1.02. The largest absolute Gasteiger partial charge is 0.494 e. The maximum atomic E-state index is 11.7. The molecule has 2 aromatic rings. The Balaban J connectivity index is 2.05. The summed E-state index contributed by atoms with van der Waals surface area (Å²) in [6.07, 6.45) is 0. The fraction of sp³-hybridized carbons (Fsp3) is 0.167. The number of aryl methyl sites for hydroxylation is 1. The van der Waals surface area contributed by atoms with Crippen molar-refractivity contribution in [1.29, 1.82) is 0 Å². The van der Waals surface area contributed by atoms with Crippen molar-refractivity contribution < 1.29 is 9.90 Å². The molecule has 1 aromatic heterocycles. The number of hydrogen-bond acceptors (Lipinski definition) is 4. The van der Waals surface area contributed by atoms with Crippen molar-refractivity contribution >= 4 is 22.9 Å². The van der Waals surface area contributed by atoms with Gasteiger partial charge in [-0.15, -0.1) is 0 Å². The van der Waals surface area contributed by atoms with Crippen molar-refractivity contribution in [2.75, 3.05) is 5.32 Å². The minimum Gasteiger partial charge on any atom is -0.494 e. The van der Waals surface area contributed by atoms with Crippen molar-refractivity contribution in [3.63, 3.8) is 0 Å². The van der Waals surface area contributed by atoms with Gasteiger partial charge in [0.25, 0.3) is 0 Å². The smallest absolute Gasteiger partial charge is 0.310 e. The molecule has 0 aliphatic carbocycles. The fourth-order valence-electron chi connectivity index (χ4n) is 1.45. The van der Waals surface area contributed by atoms with Crippen molar-refractivity contribution in [3.05, 3.63) is 44.9 Å². The summed E-state index contributed by atoms with van der Waals surface area (Å²) in [7, 11) is 0. The predicted molar refractivity (Wildman–Crippen MR) is 70.1 cm³/mol. The predicted octanol–water partition coefficient (Wildman–Crippen LogP) is 1.56. The Labute approximate surface area is 107 Å². The van der Waals surface area contributed by atoms with Crippen molar-refractivity contribution in [1.82, 2.24) is 4.57 Å². The van der Waals surface area contributed by atoms with Crippen LogP contribution in [-0.2, 0) is 11.3 Å². The van der Waals surface area contributed by atoms with Crippen LogP contribution < -0.4 is 10.2 Å². The molecule has 0 atom stereocenters. The Morgan fingerprint density at radius 3 is 2.61 bits per heavy atom. The molecule has 6 heteroatoms. The minimum atomic E-state index is -0.355. The van der Waals surface area contributed by atoms with Gasteiger partial charge in [-0.25, -0.2) is 0 Å². The first kappa shape index (κ1) is 12.4. The second kappa shape index (κ2) is 5.05. The van der Waals surface area contributed by atoms with Crippen LogP contribution in [0.1, 0.15) is 5.56 Å². The van der Waals surface area contributed by atoms with E-state index in [-0.39, 0.29) is 23.2 Å². The number of thiazole rings is 1. The van der Waals surface area contributed by atoms with Gasteiger partial charge in [-0.1, -0.05) is 29.0 Å². The van der Waals surface area contributed by atoms with E-state index in [9.17, 15) is 14.7 Å². The number of anilines is 1. The fourth-order valence-corrected chi connectivity index (χ4v) is 2.07. The summed E-state index contributed by atoms with van der Waals surface area (Å²) in [5, 5.41) is 13.3. The molecule has 0 fully saturated rings. The van der Waals surface area contributed by atoms with E-state index in [0.717, 1.165) is 21.5 Å². The molecule has 18 heavy (non-hydrogen) atoms. The summed E-state index contributed by atoms with van der Waals surface area (Å²) >= 11 is 0.859. The molecule has 0 saturated carbocycles. The third kappa shape index (κ3) is 2.78. The van der Waals surface area contributed by atoms with Crippen LogP contribution >= 0.6 is 11.3 Å². The van der Waals surface area contributed by atoms with Gasteiger partial charge in [0.15, 0.2) is 0 Å². The highest BCUT2D eigenvalue weighted by atomic mass is 32.1. The number of benzene rings is 1. The number of amides is 1. The average Bonchev–Trinajstić information content (AvgIpc) is 2.64. The lowest BCUT2D eigenvalue weighted by molar-refractivity contribution is -0.116. The van der Waals surface area contributed by atoms with Gasteiger partial charge in [-0.05, 0) is 19.1 Å². The van der Waals surface area contributed by atoms with Gasteiger partial charge in [-0.2, -0.15) is 0 Å². The van der Waals surface area contributed by atoms with E-state index in [1.807, 2.05) is 19.1 Å². The Kier molecular flexibility index (Phi) is 3.47. The van der Waals surface area contributed by atoms with Crippen LogP contribution in [0.3, 0.4) is 0 Å². The second-order valence-electron chi connectivity index (χ2n) is 3.86. The Bertz CT molecular complexity index is 613. The molecule has 1 aromatic carbocycles. The van der Waals surface area contributed by atoms with E-state index in [1.165, 1.54) is 5.38 Å². The molecule has 0 saturated heterocycles. The lowest BCUT2D eigenvalue weighted by atomic mass is 10.2. The molecule has 0 bridgehead atoms. The summed E-state index contributed by atoms with van der Waals surface area (Å²) in [5.74, 6) is -0.543. The normalized spacial score (nSPS) is 10.3. The third-order valence-electron chi connectivity index (χ3n) is 2.40. The molecule has 1 heterocycles. The minimum absolute atomic E-state index is 0.191. The van der Waals surface area contributed by atoms with Crippen LogP contribution in [-0.4, -0.2) is 15.6 Å². The van der Waals surface area contributed by atoms with Crippen LogP contribution in [0, 0.1) is 6.92 Å². The first-order valence-corrected chi connectivity index (χ1v) is 6.18. The summed E-state index contributed by atoms with van der Waals surface area (Å²) in [4.78, 5) is 22.7. The summed E-state index contributed by atoms with van der Waals surface area (Å²) in [6, 6.07) is 7.32. The highest BCUT2D eigenvalue weighted by Gasteiger charge is 2.10. The number of aromatic nitrogens is 1. The number of carbonyl (C=O) groups excluding carboxylic acids is 1. The van der Waals surface area contributed by atoms with Crippen LogP contribution in [0.4, 0.5) is 5.69 Å². The van der Waals surface area contributed by atoms with Crippen LogP contribution in [0.25, 0.3) is 0 Å². The lowest BCUT2D eigenvalue weighted by Gasteiger charge is -2.06.